The van der Waals surface area contributed by atoms with E-state index in [1.807, 2.05) is 13.8 Å². The Balaban J connectivity index is 2.24. The van der Waals surface area contributed by atoms with E-state index in [1.54, 1.807) is 26.8 Å². The Labute approximate surface area is 131 Å². The Morgan fingerprint density at radius 2 is 1.91 bits per heavy atom. The first-order chi connectivity index (χ1) is 9.86. The zero-order valence-electron chi connectivity index (χ0n) is 13.4. The number of hydrogen-bond acceptors (Lipinski definition) is 4. The molecule has 1 aliphatic carbocycles. The zero-order valence-corrected chi connectivity index (χ0v) is 14.2. The maximum Gasteiger partial charge on any atom is 0.307 e. The number of nitrogens with one attached hydrogen (secondary N) is 1. The molecular weight excluding hydrogens is 304 g/mol. The Hall–Kier alpha value is -1.47. The highest BCUT2D eigenvalue weighted by atomic mass is 32.2. The van der Waals surface area contributed by atoms with Gasteiger partial charge in [0.15, 0.2) is 0 Å². The van der Waals surface area contributed by atoms with E-state index in [9.17, 15) is 18.3 Å². The molecule has 1 aliphatic rings. The first kappa shape index (κ1) is 16.9. The SMILES string of the molecule is CC(C)(C)NS(=O)(=O)c1ccc(C2C(C(=O)O)C2(C)C)nc1. The monoisotopic (exact) mass is 326 g/mol. The molecule has 0 bridgehead atoms. The minimum Gasteiger partial charge on any atom is -0.481 e. The molecule has 1 heterocycles. The second-order valence-corrected chi connectivity index (χ2v) is 9.07. The molecule has 0 aromatic carbocycles. The van der Waals surface area contributed by atoms with Crippen molar-refractivity contribution in [3.05, 3.63) is 24.0 Å². The molecule has 6 nitrogen and oxygen atoms in total. The molecule has 0 radical (unpaired) electrons. The summed E-state index contributed by atoms with van der Waals surface area (Å²) in [5, 5.41) is 9.20. The van der Waals surface area contributed by atoms with Crippen molar-refractivity contribution < 1.29 is 18.3 Å². The number of hydrogen-bond donors (Lipinski definition) is 2. The molecule has 2 unspecified atom stereocenters. The van der Waals surface area contributed by atoms with E-state index in [-0.39, 0.29) is 16.2 Å². The van der Waals surface area contributed by atoms with Crippen molar-refractivity contribution in [3.63, 3.8) is 0 Å². The van der Waals surface area contributed by atoms with Gasteiger partial charge in [0.1, 0.15) is 4.90 Å². The van der Waals surface area contributed by atoms with Crippen LogP contribution >= 0.6 is 0 Å². The van der Waals surface area contributed by atoms with Gasteiger partial charge in [-0.2, -0.15) is 0 Å². The summed E-state index contributed by atoms with van der Waals surface area (Å²) in [6, 6.07) is 3.08. The van der Waals surface area contributed by atoms with Crippen LogP contribution < -0.4 is 4.72 Å². The largest absolute Gasteiger partial charge is 0.481 e. The van der Waals surface area contributed by atoms with Gasteiger partial charge in [-0.3, -0.25) is 9.78 Å². The van der Waals surface area contributed by atoms with Crippen LogP contribution in [0, 0.1) is 11.3 Å². The van der Waals surface area contributed by atoms with Crippen molar-refractivity contribution in [1.29, 1.82) is 0 Å². The fraction of sp³-hybridized carbons (Fsp3) is 0.600. The summed E-state index contributed by atoms with van der Waals surface area (Å²) in [5.74, 6) is -1.50. The Kier molecular flexibility index (Phi) is 3.86. The summed E-state index contributed by atoms with van der Waals surface area (Å²) in [4.78, 5) is 15.5. The van der Waals surface area contributed by atoms with Gasteiger partial charge in [-0.1, -0.05) is 13.8 Å². The molecular formula is C15H22N2O4S. The summed E-state index contributed by atoms with van der Waals surface area (Å²) < 4.78 is 27.0. The van der Waals surface area contributed by atoms with Gasteiger partial charge in [0.25, 0.3) is 0 Å². The van der Waals surface area contributed by atoms with Gasteiger partial charge >= 0.3 is 5.97 Å². The van der Waals surface area contributed by atoms with Gasteiger partial charge in [0.05, 0.1) is 5.92 Å². The van der Waals surface area contributed by atoms with E-state index < -0.39 is 27.4 Å². The van der Waals surface area contributed by atoms with Crippen molar-refractivity contribution in [3.8, 4) is 0 Å². The Morgan fingerprint density at radius 3 is 2.27 bits per heavy atom. The van der Waals surface area contributed by atoms with Crippen LogP contribution in [0.15, 0.2) is 23.2 Å². The van der Waals surface area contributed by atoms with Gasteiger partial charge in [0.2, 0.25) is 10.0 Å². The lowest BCUT2D eigenvalue weighted by molar-refractivity contribution is -0.139. The van der Waals surface area contributed by atoms with Crippen LogP contribution in [0.4, 0.5) is 0 Å². The molecule has 1 aromatic heterocycles. The molecule has 1 aromatic rings. The predicted molar refractivity (Wildman–Crippen MR) is 82.0 cm³/mol. The predicted octanol–water partition coefficient (Wildman–Crippen LogP) is 1.98. The average molecular weight is 326 g/mol. The standard InChI is InChI=1S/C15H22N2O4S/c1-14(2,3)17-22(20,21)9-6-7-10(16-8-9)11-12(13(18)19)15(11,4)5/h6-8,11-12,17H,1-5H3,(H,18,19). The van der Waals surface area contributed by atoms with E-state index in [1.165, 1.54) is 12.3 Å². The van der Waals surface area contributed by atoms with E-state index in [0.29, 0.717) is 5.69 Å². The van der Waals surface area contributed by atoms with Crippen LogP contribution in [0.1, 0.15) is 46.2 Å². The maximum atomic E-state index is 12.2. The smallest absolute Gasteiger partial charge is 0.307 e. The number of carboxylic acids is 1. The third-order valence-corrected chi connectivity index (χ3v) is 5.67. The van der Waals surface area contributed by atoms with E-state index >= 15 is 0 Å². The topological polar surface area (TPSA) is 96.4 Å². The fourth-order valence-corrected chi connectivity index (χ4v) is 4.21. The molecule has 1 saturated carbocycles. The van der Waals surface area contributed by atoms with Crippen LogP contribution in [0.25, 0.3) is 0 Å². The highest BCUT2D eigenvalue weighted by Crippen LogP contribution is 2.63. The lowest BCUT2D eigenvalue weighted by Crippen LogP contribution is -2.40. The Morgan fingerprint density at radius 1 is 1.32 bits per heavy atom. The minimum atomic E-state index is -3.63. The average Bonchev–Trinajstić information content (AvgIpc) is 2.89. The van der Waals surface area contributed by atoms with Crippen molar-refractivity contribution in [2.24, 2.45) is 11.3 Å². The zero-order chi connectivity index (χ0) is 16.9. The lowest BCUT2D eigenvalue weighted by Gasteiger charge is -2.20. The number of pyridine rings is 1. The van der Waals surface area contributed by atoms with Gasteiger partial charge in [-0.05, 0) is 38.3 Å². The van der Waals surface area contributed by atoms with Crippen LogP contribution in [0.3, 0.4) is 0 Å². The van der Waals surface area contributed by atoms with E-state index in [4.69, 9.17) is 0 Å². The first-order valence-corrected chi connectivity index (χ1v) is 8.57. The van der Waals surface area contributed by atoms with Crippen molar-refractivity contribution in [2.45, 2.75) is 51.0 Å². The van der Waals surface area contributed by atoms with Gasteiger partial charge in [-0.15, -0.1) is 0 Å². The molecule has 1 fully saturated rings. The first-order valence-electron chi connectivity index (χ1n) is 7.09. The third kappa shape index (κ3) is 3.15. The molecule has 0 spiro atoms. The van der Waals surface area contributed by atoms with Crippen LogP contribution in [-0.4, -0.2) is 30.0 Å². The number of carbonyl (C=O) groups is 1. The number of sulfonamides is 1. The van der Waals surface area contributed by atoms with Crippen LogP contribution in [0.5, 0.6) is 0 Å². The summed E-state index contributed by atoms with van der Waals surface area (Å²) in [6.07, 6.45) is 1.29. The molecule has 0 aliphatic heterocycles. The molecule has 7 heteroatoms. The summed E-state index contributed by atoms with van der Waals surface area (Å²) in [6.45, 7) is 9.04. The summed E-state index contributed by atoms with van der Waals surface area (Å²) in [7, 11) is -3.63. The van der Waals surface area contributed by atoms with Gasteiger partial charge in [0, 0.05) is 23.3 Å². The Bertz CT molecular complexity index is 687. The molecule has 2 atom stereocenters. The highest BCUT2D eigenvalue weighted by molar-refractivity contribution is 7.89. The second kappa shape index (κ2) is 5.03. The molecule has 0 saturated heterocycles. The number of carboxylic acid groups (broad SMARTS) is 1. The van der Waals surface area contributed by atoms with Gasteiger partial charge in [-0.25, -0.2) is 13.1 Å². The van der Waals surface area contributed by atoms with Crippen molar-refractivity contribution in [2.75, 3.05) is 0 Å². The molecule has 22 heavy (non-hydrogen) atoms. The number of aromatic nitrogens is 1. The third-order valence-electron chi connectivity index (χ3n) is 3.92. The van der Waals surface area contributed by atoms with Crippen LogP contribution in [0.2, 0.25) is 0 Å². The number of rotatable bonds is 4. The normalized spacial score (nSPS) is 24.0. The number of aliphatic carboxylic acids is 1. The minimum absolute atomic E-state index is 0.0801. The van der Waals surface area contributed by atoms with Crippen molar-refractivity contribution >= 4 is 16.0 Å². The molecule has 122 valence electrons. The van der Waals surface area contributed by atoms with Crippen molar-refractivity contribution in [1.82, 2.24) is 9.71 Å². The molecule has 0 amide bonds. The van der Waals surface area contributed by atoms with E-state index in [2.05, 4.69) is 9.71 Å². The summed E-state index contributed by atoms with van der Waals surface area (Å²) >= 11 is 0. The quantitative estimate of drug-likeness (QED) is 0.882. The number of nitrogens with zero attached hydrogens (tertiary/aromatic N) is 1. The van der Waals surface area contributed by atoms with Gasteiger partial charge < -0.3 is 5.11 Å². The highest BCUT2D eigenvalue weighted by Gasteiger charge is 2.63. The second-order valence-electron chi connectivity index (χ2n) is 7.39. The molecule has 2 rings (SSSR count). The molecule has 2 N–H and O–H groups in total. The lowest BCUT2D eigenvalue weighted by atomic mass is 10.1. The maximum absolute atomic E-state index is 12.2. The fourth-order valence-electron chi connectivity index (χ4n) is 2.85. The van der Waals surface area contributed by atoms with Crippen LogP contribution in [-0.2, 0) is 14.8 Å². The van der Waals surface area contributed by atoms with E-state index in [0.717, 1.165) is 0 Å². The summed E-state index contributed by atoms with van der Waals surface area (Å²) in [5.41, 5.74) is -0.320.